The molecular weight excluding hydrogens is 396 g/mol. The van der Waals surface area contributed by atoms with E-state index >= 15 is 0 Å². The number of nitrogens with two attached hydrogens (primary N) is 1. The molecule has 0 spiro atoms. The van der Waals surface area contributed by atoms with Crippen LogP contribution in [0.3, 0.4) is 0 Å². The Morgan fingerprint density at radius 1 is 1.29 bits per heavy atom. The van der Waals surface area contributed by atoms with Gasteiger partial charge in [-0.2, -0.15) is 9.78 Å². The Balaban J connectivity index is 1.52. The Kier molecular flexibility index (Phi) is 4.32. The van der Waals surface area contributed by atoms with E-state index < -0.39 is 0 Å². The van der Waals surface area contributed by atoms with Gasteiger partial charge in [-0.05, 0) is 19.8 Å². The number of aromatic amines is 1. The molecule has 2 aliphatic heterocycles. The van der Waals surface area contributed by atoms with Crippen molar-refractivity contribution in [1.29, 1.82) is 0 Å². The summed E-state index contributed by atoms with van der Waals surface area (Å²) in [6, 6.07) is 4.77. The topological polar surface area (TPSA) is 110 Å². The van der Waals surface area contributed by atoms with Crippen molar-refractivity contribution in [3.05, 3.63) is 18.3 Å². The largest absolute Gasteiger partial charge is 0.382 e. The SMILES string of the molecule is COC1CC2CC1CN2c1cc(N2CCOCC2C)nc2c1c(N)nn2-c1ccn[nH]1. The van der Waals surface area contributed by atoms with Gasteiger partial charge in [-0.1, -0.05) is 0 Å². The highest BCUT2D eigenvalue weighted by Crippen LogP contribution is 2.45. The molecule has 5 heterocycles. The van der Waals surface area contributed by atoms with Gasteiger partial charge in [-0.3, -0.25) is 5.10 Å². The first-order valence-corrected chi connectivity index (χ1v) is 11.0. The summed E-state index contributed by atoms with van der Waals surface area (Å²) in [5.74, 6) is 2.72. The van der Waals surface area contributed by atoms with Gasteiger partial charge in [0.05, 0.1) is 42.6 Å². The van der Waals surface area contributed by atoms with Gasteiger partial charge in [0, 0.05) is 44.3 Å². The molecule has 10 nitrogen and oxygen atoms in total. The smallest absolute Gasteiger partial charge is 0.171 e. The zero-order valence-corrected chi connectivity index (χ0v) is 17.9. The van der Waals surface area contributed by atoms with Crippen molar-refractivity contribution in [3.63, 3.8) is 0 Å². The number of H-pyrrole nitrogens is 1. The molecule has 3 aliphatic rings. The average molecular weight is 425 g/mol. The number of aromatic nitrogens is 5. The van der Waals surface area contributed by atoms with E-state index in [1.165, 1.54) is 0 Å². The lowest BCUT2D eigenvalue weighted by Gasteiger charge is -2.36. The van der Waals surface area contributed by atoms with Crippen LogP contribution in [0.25, 0.3) is 16.9 Å². The van der Waals surface area contributed by atoms with E-state index in [1.54, 1.807) is 10.9 Å². The number of nitrogen functional groups attached to an aromatic ring is 1. The molecule has 0 amide bonds. The maximum absolute atomic E-state index is 6.47. The van der Waals surface area contributed by atoms with E-state index in [9.17, 15) is 0 Å². The van der Waals surface area contributed by atoms with Crippen molar-refractivity contribution in [2.24, 2.45) is 5.92 Å². The van der Waals surface area contributed by atoms with Crippen LogP contribution in [0.2, 0.25) is 0 Å². The molecule has 1 aliphatic carbocycles. The quantitative estimate of drug-likeness (QED) is 0.649. The third-order valence-electron chi connectivity index (χ3n) is 7.10. The lowest BCUT2D eigenvalue weighted by atomic mass is 10.0. The van der Waals surface area contributed by atoms with E-state index in [-0.39, 0.29) is 6.04 Å². The average Bonchev–Trinajstić information content (AvgIpc) is 3.57. The van der Waals surface area contributed by atoms with Gasteiger partial charge in [-0.15, -0.1) is 5.10 Å². The molecule has 6 rings (SSSR count). The fourth-order valence-electron chi connectivity index (χ4n) is 5.58. The Morgan fingerprint density at radius 3 is 2.90 bits per heavy atom. The second-order valence-corrected chi connectivity index (χ2v) is 8.87. The van der Waals surface area contributed by atoms with Crippen LogP contribution in [-0.2, 0) is 9.47 Å². The Labute approximate surface area is 180 Å². The second-order valence-electron chi connectivity index (χ2n) is 8.87. The second kappa shape index (κ2) is 7.10. The zero-order valence-electron chi connectivity index (χ0n) is 17.9. The van der Waals surface area contributed by atoms with Crippen LogP contribution in [0, 0.1) is 5.92 Å². The molecule has 2 bridgehead atoms. The molecule has 4 unspecified atom stereocenters. The number of fused-ring (bicyclic) bond motifs is 3. The molecule has 0 radical (unpaired) electrons. The maximum atomic E-state index is 6.47. The van der Waals surface area contributed by atoms with Crippen molar-refractivity contribution in [3.8, 4) is 5.82 Å². The van der Waals surface area contributed by atoms with Gasteiger partial charge in [-0.25, -0.2) is 4.98 Å². The third kappa shape index (κ3) is 2.89. The lowest BCUT2D eigenvalue weighted by molar-refractivity contribution is 0.0670. The highest BCUT2D eigenvalue weighted by Gasteiger charge is 2.46. The highest BCUT2D eigenvalue weighted by molar-refractivity contribution is 6.00. The van der Waals surface area contributed by atoms with Crippen LogP contribution < -0.4 is 15.5 Å². The van der Waals surface area contributed by atoms with E-state index in [0.29, 0.717) is 37.1 Å². The van der Waals surface area contributed by atoms with Gasteiger partial charge in [0.1, 0.15) is 5.82 Å². The van der Waals surface area contributed by atoms with E-state index in [1.807, 2.05) is 13.2 Å². The monoisotopic (exact) mass is 424 g/mol. The molecule has 4 atom stereocenters. The van der Waals surface area contributed by atoms with Gasteiger partial charge in [0.2, 0.25) is 0 Å². The van der Waals surface area contributed by atoms with Gasteiger partial charge < -0.3 is 25.0 Å². The van der Waals surface area contributed by atoms with Crippen LogP contribution in [0.5, 0.6) is 0 Å². The van der Waals surface area contributed by atoms with Crippen LogP contribution in [0.4, 0.5) is 17.3 Å². The standard InChI is InChI=1S/C21H28N8O2/c1-12-11-31-6-5-27(12)18-9-15(28-10-13-7-14(28)8-16(13)30-2)19-20(22)26-29(21(19)24-18)17-3-4-23-25-17/h3-4,9,12-14,16H,5-8,10-11H2,1-2H3,(H2,22,26)(H,23,25). The number of rotatable bonds is 4. The van der Waals surface area contributed by atoms with Gasteiger partial charge >= 0.3 is 0 Å². The van der Waals surface area contributed by atoms with Crippen molar-refractivity contribution >= 4 is 28.4 Å². The maximum Gasteiger partial charge on any atom is 0.171 e. The molecular formula is C21H28N8O2. The fraction of sp³-hybridized carbons (Fsp3) is 0.571. The Bertz CT molecular complexity index is 1100. The molecule has 164 valence electrons. The Morgan fingerprint density at radius 2 is 2.19 bits per heavy atom. The predicted octanol–water partition coefficient (Wildman–Crippen LogP) is 1.56. The molecule has 10 heteroatoms. The van der Waals surface area contributed by atoms with E-state index in [0.717, 1.165) is 54.3 Å². The summed E-state index contributed by atoms with van der Waals surface area (Å²) in [5, 5.41) is 12.6. The fourth-order valence-corrected chi connectivity index (χ4v) is 5.58. The number of hydrogen-bond acceptors (Lipinski definition) is 8. The zero-order chi connectivity index (χ0) is 21.1. The highest BCUT2D eigenvalue weighted by atomic mass is 16.5. The van der Waals surface area contributed by atoms with E-state index in [4.69, 9.17) is 20.2 Å². The van der Waals surface area contributed by atoms with Crippen LogP contribution >= 0.6 is 0 Å². The van der Waals surface area contributed by atoms with Crippen LogP contribution in [0.15, 0.2) is 18.3 Å². The summed E-state index contributed by atoms with van der Waals surface area (Å²) >= 11 is 0. The number of piperidine rings is 1. The first-order valence-electron chi connectivity index (χ1n) is 11.0. The molecule has 3 N–H and O–H groups in total. The minimum atomic E-state index is 0.250. The van der Waals surface area contributed by atoms with Gasteiger partial charge in [0.25, 0.3) is 0 Å². The number of methoxy groups -OCH3 is 1. The number of pyridine rings is 1. The molecule has 0 aromatic carbocycles. The molecule has 3 aromatic rings. The van der Waals surface area contributed by atoms with Crippen molar-refractivity contribution < 1.29 is 9.47 Å². The lowest BCUT2D eigenvalue weighted by Crippen LogP contribution is -2.44. The number of nitrogens with one attached hydrogen (secondary N) is 1. The number of ether oxygens (including phenoxy) is 2. The molecule has 3 aromatic heterocycles. The van der Waals surface area contributed by atoms with Crippen molar-refractivity contribution in [1.82, 2.24) is 25.0 Å². The normalized spacial score (nSPS) is 28.2. The van der Waals surface area contributed by atoms with Crippen LogP contribution in [0.1, 0.15) is 19.8 Å². The minimum absolute atomic E-state index is 0.250. The van der Waals surface area contributed by atoms with Crippen LogP contribution in [-0.4, -0.2) is 76.6 Å². The van der Waals surface area contributed by atoms with Crippen molar-refractivity contribution in [2.75, 3.05) is 48.9 Å². The van der Waals surface area contributed by atoms with E-state index in [2.05, 4.69) is 38.1 Å². The number of anilines is 3. The number of morpholine rings is 1. The summed E-state index contributed by atoms with van der Waals surface area (Å²) in [4.78, 5) is 9.86. The molecule has 31 heavy (non-hydrogen) atoms. The van der Waals surface area contributed by atoms with Gasteiger partial charge in [0.15, 0.2) is 17.3 Å². The minimum Gasteiger partial charge on any atom is -0.382 e. The first-order chi connectivity index (χ1) is 15.1. The summed E-state index contributed by atoms with van der Waals surface area (Å²) in [6.07, 6.45) is 4.25. The Hall–Kier alpha value is -2.85. The first kappa shape index (κ1) is 18.9. The summed E-state index contributed by atoms with van der Waals surface area (Å²) in [6.45, 7) is 5.35. The summed E-state index contributed by atoms with van der Waals surface area (Å²) in [7, 11) is 1.82. The summed E-state index contributed by atoms with van der Waals surface area (Å²) < 4.78 is 13.1. The molecule has 1 saturated carbocycles. The van der Waals surface area contributed by atoms with Crippen molar-refractivity contribution in [2.45, 2.75) is 38.0 Å². The summed E-state index contributed by atoms with van der Waals surface area (Å²) in [5.41, 5.74) is 8.33. The predicted molar refractivity (Wildman–Crippen MR) is 118 cm³/mol. The number of hydrogen-bond donors (Lipinski definition) is 2. The molecule has 2 saturated heterocycles. The molecule has 3 fully saturated rings. The third-order valence-corrected chi connectivity index (χ3v) is 7.10. The number of nitrogens with zero attached hydrogens (tertiary/aromatic N) is 6.